The van der Waals surface area contributed by atoms with Gasteiger partial charge in [0, 0.05) is 43.1 Å². The topological polar surface area (TPSA) is 76.3 Å². The number of aromatic amines is 1. The first-order valence-electron chi connectivity index (χ1n) is 12.0. The highest BCUT2D eigenvalue weighted by Gasteiger charge is 2.27. The molecule has 176 valence electrons. The molecule has 6 rings (SSSR count). The van der Waals surface area contributed by atoms with Gasteiger partial charge in [-0.2, -0.15) is 5.10 Å². The number of H-pyrrole nitrogens is 1. The fourth-order valence-electron chi connectivity index (χ4n) is 4.87. The molecule has 1 aromatic heterocycles. The predicted molar refractivity (Wildman–Crippen MR) is 139 cm³/mol. The van der Waals surface area contributed by atoms with Crippen molar-refractivity contribution in [1.82, 2.24) is 20.4 Å². The third kappa shape index (κ3) is 4.15. The number of carbonyl (C=O) groups is 1. The van der Waals surface area contributed by atoms with Gasteiger partial charge in [-0.15, -0.1) is 0 Å². The lowest BCUT2D eigenvalue weighted by Gasteiger charge is -2.34. The number of nitrogens with one attached hydrogen (secondary N) is 3. The lowest BCUT2D eigenvalue weighted by molar-refractivity contribution is 0.0936. The van der Waals surface area contributed by atoms with Crippen molar-refractivity contribution >= 4 is 17.3 Å². The second kappa shape index (κ2) is 8.92. The SMILES string of the molecule is CN1CCN(c2ccc(-c3ccc(-c4[nH]ncc4C4NC(=O)c5ccccc5N4)cc3)cc2)CC1. The quantitative estimate of drug-likeness (QED) is 0.419. The molecule has 1 atom stereocenters. The molecule has 0 aliphatic carbocycles. The zero-order valence-corrected chi connectivity index (χ0v) is 19.7. The van der Waals surface area contributed by atoms with Gasteiger partial charge in [-0.05, 0) is 48.0 Å². The fourth-order valence-corrected chi connectivity index (χ4v) is 4.87. The molecule has 1 unspecified atom stereocenters. The summed E-state index contributed by atoms with van der Waals surface area (Å²) in [6.45, 7) is 4.34. The third-order valence-electron chi connectivity index (χ3n) is 6.97. The number of para-hydroxylation sites is 1. The number of hydrogen-bond donors (Lipinski definition) is 3. The van der Waals surface area contributed by atoms with Gasteiger partial charge in [-0.3, -0.25) is 9.89 Å². The molecule has 3 aromatic carbocycles. The molecule has 4 aromatic rings. The van der Waals surface area contributed by atoms with E-state index in [9.17, 15) is 4.79 Å². The first-order chi connectivity index (χ1) is 17.2. The average Bonchev–Trinajstić information content (AvgIpc) is 3.40. The summed E-state index contributed by atoms with van der Waals surface area (Å²) in [5.74, 6) is -0.0909. The van der Waals surface area contributed by atoms with Gasteiger partial charge < -0.3 is 20.4 Å². The van der Waals surface area contributed by atoms with E-state index >= 15 is 0 Å². The molecule has 2 aliphatic heterocycles. The number of hydrogen-bond acceptors (Lipinski definition) is 5. The highest BCUT2D eigenvalue weighted by molar-refractivity contribution is 6.01. The highest BCUT2D eigenvalue weighted by atomic mass is 16.2. The first kappa shape index (κ1) is 21.4. The maximum Gasteiger partial charge on any atom is 0.255 e. The number of benzene rings is 3. The van der Waals surface area contributed by atoms with E-state index in [1.54, 1.807) is 6.20 Å². The Labute approximate surface area is 204 Å². The maximum absolute atomic E-state index is 12.6. The van der Waals surface area contributed by atoms with E-state index in [1.165, 1.54) is 11.3 Å². The second-order valence-electron chi connectivity index (χ2n) is 9.21. The van der Waals surface area contributed by atoms with Crippen LogP contribution in [0.15, 0.2) is 79.0 Å². The number of aromatic nitrogens is 2. The van der Waals surface area contributed by atoms with E-state index < -0.39 is 0 Å². The Morgan fingerprint density at radius 1 is 0.800 bits per heavy atom. The highest BCUT2D eigenvalue weighted by Crippen LogP contribution is 2.32. The van der Waals surface area contributed by atoms with Gasteiger partial charge in [0.25, 0.3) is 5.91 Å². The summed E-state index contributed by atoms with van der Waals surface area (Å²) >= 11 is 0. The van der Waals surface area contributed by atoms with E-state index in [-0.39, 0.29) is 12.1 Å². The number of piperazine rings is 1. The molecule has 1 amide bonds. The van der Waals surface area contributed by atoms with Crippen LogP contribution in [0.1, 0.15) is 22.1 Å². The summed E-state index contributed by atoms with van der Waals surface area (Å²) in [4.78, 5) is 17.4. The summed E-state index contributed by atoms with van der Waals surface area (Å²) in [5.41, 5.74) is 7.92. The second-order valence-corrected chi connectivity index (χ2v) is 9.21. The molecule has 0 bridgehead atoms. The Morgan fingerprint density at radius 2 is 1.46 bits per heavy atom. The van der Waals surface area contributed by atoms with Crippen molar-refractivity contribution in [3.63, 3.8) is 0 Å². The van der Waals surface area contributed by atoms with Crippen LogP contribution >= 0.6 is 0 Å². The zero-order valence-electron chi connectivity index (χ0n) is 19.7. The first-order valence-corrected chi connectivity index (χ1v) is 12.0. The summed E-state index contributed by atoms with van der Waals surface area (Å²) in [6, 6.07) is 24.8. The largest absolute Gasteiger partial charge is 0.369 e. The molecule has 3 heterocycles. The van der Waals surface area contributed by atoms with Crippen molar-refractivity contribution < 1.29 is 4.79 Å². The van der Waals surface area contributed by atoms with Gasteiger partial charge in [0.2, 0.25) is 0 Å². The van der Waals surface area contributed by atoms with E-state index in [2.05, 4.69) is 86.2 Å². The fraction of sp³-hybridized carbons (Fsp3) is 0.214. The molecular weight excluding hydrogens is 436 g/mol. The minimum absolute atomic E-state index is 0.0909. The lowest BCUT2D eigenvalue weighted by Crippen LogP contribution is -2.44. The molecule has 7 heteroatoms. The molecule has 1 fully saturated rings. The van der Waals surface area contributed by atoms with Crippen molar-refractivity contribution in [2.24, 2.45) is 0 Å². The van der Waals surface area contributed by atoms with Gasteiger partial charge in [0.05, 0.1) is 17.5 Å². The molecule has 0 radical (unpaired) electrons. The van der Waals surface area contributed by atoms with Crippen LogP contribution in [-0.2, 0) is 0 Å². The Balaban J connectivity index is 1.20. The Hall–Kier alpha value is -4.10. The predicted octanol–water partition coefficient (Wildman–Crippen LogP) is 4.35. The van der Waals surface area contributed by atoms with Gasteiger partial charge in [0.1, 0.15) is 6.17 Å². The number of carbonyl (C=O) groups excluding carboxylic acids is 1. The molecule has 3 N–H and O–H groups in total. The number of nitrogens with zero attached hydrogens (tertiary/aromatic N) is 3. The van der Waals surface area contributed by atoms with Crippen molar-refractivity contribution in [3.8, 4) is 22.4 Å². The van der Waals surface area contributed by atoms with Crippen LogP contribution < -0.4 is 15.5 Å². The van der Waals surface area contributed by atoms with E-state index in [0.29, 0.717) is 5.56 Å². The number of anilines is 2. The Bertz CT molecular complexity index is 1340. The van der Waals surface area contributed by atoms with Crippen LogP contribution in [0.5, 0.6) is 0 Å². The summed E-state index contributed by atoms with van der Waals surface area (Å²) in [5, 5.41) is 13.8. The standard InChI is InChI=1S/C28H28N6O/c1-33-14-16-34(17-15-33)22-12-10-20(11-13-22)19-6-8-21(9-7-19)26-24(18-29-32-26)27-30-25-5-3-2-4-23(25)28(35)31-27/h2-13,18,27,30H,14-17H2,1H3,(H,29,32)(H,31,35). The summed E-state index contributed by atoms with van der Waals surface area (Å²) in [6.07, 6.45) is 1.42. The molecule has 0 saturated carbocycles. The van der Waals surface area contributed by atoms with E-state index in [4.69, 9.17) is 0 Å². The maximum atomic E-state index is 12.6. The smallest absolute Gasteiger partial charge is 0.255 e. The normalized spacial score (nSPS) is 18.0. The van der Waals surface area contributed by atoms with Crippen LogP contribution in [0, 0.1) is 0 Å². The number of amides is 1. The summed E-state index contributed by atoms with van der Waals surface area (Å²) in [7, 11) is 2.18. The van der Waals surface area contributed by atoms with Crippen LogP contribution in [0.25, 0.3) is 22.4 Å². The van der Waals surface area contributed by atoms with E-state index in [0.717, 1.165) is 54.3 Å². The Morgan fingerprint density at radius 3 is 2.20 bits per heavy atom. The molecule has 0 spiro atoms. The molecular formula is C28H28N6O. The number of fused-ring (bicyclic) bond motifs is 1. The minimum atomic E-state index is -0.354. The lowest BCUT2D eigenvalue weighted by atomic mass is 9.99. The van der Waals surface area contributed by atoms with Crippen LogP contribution in [0.4, 0.5) is 11.4 Å². The van der Waals surface area contributed by atoms with Gasteiger partial charge in [-0.25, -0.2) is 0 Å². The van der Waals surface area contributed by atoms with E-state index in [1.807, 2.05) is 24.3 Å². The monoisotopic (exact) mass is 464 g/mol. The molecule has 2 aliphatic rings. The number of likely N-dealkylation sites (N-methyl/N-ethyl adjacent to an activating group) is 1. The molecule has 35 heavy (non-hydrogen) atoms. The van der Waals surface area contributed by atoms with Gasteiger partial charge >= 0.3 is 0 Å². The van der Waals surface area contributed by atoms with Crippen LogP contribution in [0.3, 0.4) is 0 Å². The van der Waals surface area contributed by atoms with Crippen molar-refractivity contribution in [1.29, 1.82) is 0 Å². The van der Waals surface area contributed by atoms with Crippen molar-refractivity contribution in [3.05, 3.63) is 90.1 Å². The Kier molecular flexibility index (Phi) is 5.47. The van der Waals surface area contributed by atoms with Crippen molar-refractivity contribution in [2.75, 3.05) is 43.4 Å². The van der Waals surface area contributed by atoms with Crippen LogP contribution in [-0.4, -0.2) is 54.2 Å². The third-order valence-corrected chi connectivity index (χ3v) is 6.97. The van der Waals surface area contributed by atoms with Crippen LogP contribution in [0.2, 0.25) is 0 Å². The average molecular weight is 465 g/mol. The van der Waals surface area contributed by atoms with Gasteiger partial charge in [-0.1, -0.05) is 48.5 Å². The van der Waals surface area contributed by atoms with Crippen molar-refractivity contribution in [2.45, 2.75) is 6.17 Å². The molecule has 1 saturated heterocycles. The zero-order chi connectivity index (χ0) is 23.8. The molecule has 7 nitrogen and oxygen atoms in total. The minimum Gasteiger partial charge on any atom is -0.369 e. The summed E-state index contributed by atoms with van der Waals surface area (Å²) < 4.78 is 0. The number of rotatable bonds is 4. The van der Waals surface area contributed by atoms with Gasteiger partial charge in [0.15, 0.2) is 0 Å².